The van der Waals surface area contributed by atoms with Gasteiger partial charge in [-0.3, -0.25) is 19.6 Å². The molecule has 0 unspecified atom stereocenters. The van der Waals surface area contributed by atoms with Crippen LogP contribution < -0.4 is 5.73 Å². The van der Waals surface area contributed by atoms with Crippen molar-refractivity contribution in [3.05, 3.63) is 149 Å². The molecule has 2 heterocycles. The first-order valence-electron chi connectivity index (χ1n) is 15.0. The van der Waals surface area contributed by atoms with E-state index < -0.39 is 0 Å². The Balaban J connectivity index is 0.000000301. The summed E-state index contributed by atoms with van der Waals surface area (Å²) in [7, 11) is 0. The molecule has 2 aromatic heterocycles. The summed E-state index contributed by atoms with van der Waals surface area (Å²) in [6.45, 7) is 13.0. The highest BCUT2D eigenvalue weighted by Gasteiger charge is 2.07. The molecule has 47 heavy (non-hydrogen) atoms. The molecule has 7 heteroatoms. The van der Waals surface area contributed by atoms with Gasteiger partial charge in [-0.25, -0.2) is 9.97 Å². The summed E-state index contributed by atoms with van der Waals surface area (Å²) in [4.78, 5) is 39.8. The van der Waals surface area contributed by atoms with E-state index in [0.29, 0.717) is 11.4 Å². The number of nitrogens with two attached hydrogens (primary N) is 1. The number of aliphatic imine (C=N–C) groups is 2. The molecule has 0 aliphatic rings. The highest BCUT2D eigenvalue weighted by molar-refractivity contribution is 6.02. The van der Waals surface area contributed by atoms with Gasteiger partial charge in [0.25, 0.3) is 0 Å². The second-order valence-corrected chi connectivity index (χ2v) is 10.8. The molecule has 3 aromatic carbocycles. The zero-order valence-electron chi connectivity index (χ0n) is 27.6. The van der Waals surface area contributed by atoms with Crippen LogP contribution in [0.5, 0.6) is 0 Å². The van der Waals surface area contributed by atoms with Crippen LogP contribution in [0.1, 0.15) is 84.2 Å². The molecule has 0 atom stereocenters. The lowest BCUT2D eigenvalue weighted by molar-refractivity contribution is 0.101. The minimum absolute atomic E-state index is 0. The minimum atomic E-state index is -0.127. The highest BCUT2D eigenvalue weighted by atomic mass is 16.1. The van der Waals surface area contributed by atoms with Crippen LogP contribution in [0.25, 0.3) is 0 Å². The molecule has 242 valence electrons. The van der Waals surface area contributed by atoms with E-state index in [1.807, 2.05) is 99.6 Å². The molecule has 0 aliphatic heterocycles. The van der Waals surface area contributed by atoms with Crippen molar-refractivity contribution in [2.45, 2.75) is 55.9 Å². The molecule has 0 spiro atoms. The molecule has 5 aromatic rings. The standard InChI is InChI=1S/C23H23N3.C9H9NO2.C7H9N.CH4/c1-16-10-5-7-12-20(16)24-18(3)22-14-9-15-23(26-22)19(4)25-21-13-8-6-11-17(21)2;1-6(11)8-4-3-5-9(10-8)7(2)12;1-6-4-2-3-5-7(6)8;/h5-15H,1-4H3;3-5H,1-2H3;2-5H,8H2,1H3;1H4. The van der Waals surface area contributed by atoms with Crippen molar-refractivity contribution in [2.75, 3.05) is 5.73 Å². The molecule has 0 amide bonds. The van der Waals surface area contributed by atoms with Gasteiger partial charge in [-0.05, 0) is 93.8 Å². The number of aromatic nitrogens is 2. The van der Waals surface area contributed by atoms with E-state index in [4.69, 9.17) is 20.7 Å². The lowest BCUT2D eigenvalue weighted by Gasteiger charge is -2.07. The number of carbonyl (C=O) groups is 2. The van der Waals surface area contributed by atoms with E-state index in [9.17, 15) is 9.59 Å². The Kier molecular flexibility index (Phi) is 14.7. The Morgan fingerprint density at radius 3 is 1.17 bits per heavy atom. The second kappa shape index (κ2) is 18.4. The number of hydrogen-bond acceptors (Lipinski definition) is 7. The maximum Gasteiger partial charge on any atom is 0.178 e. The Hall–Kier alpha value is -5.56. The molecule has 0 bridgehead atoms. The number of anilines is 1. The molecular formula is C40H45N5O2. The SMILES string of the molecule is C.CC(=Nc1ccccc1C)c1cccc(C(C)=Nc2ccccc2C)n1.CC(=O)c1cccc(C(C)=O)n1.Cc1ccccc1N. The lowest BCUT2D eigenvalue weighted by Crippen LogP contribution is -2.05. The van der Waals surface area contributed by atoms with Gasteiger partial charge in [-0.15, -0.1) is 0 Å². The molecule has 0 radical (unpaired) electrons. The monoisotopic (exact) mass is 627 g/mol. The average Bonchev–Trinajstić information content (AvgIpc) is 3.05. The van der Waals surface area contributed by atoms with Crippen LogP contribution in [0.3, 0.4) is 0 Å². The highest BCUT2D eigenvalue weighted by Crippen LogP contribution is 2.20. The minimum Gasteiger partial charge on any atom is -0.399 e. The van der Waals surface area contributed by atoms with Gasteiger partial charge in [0.1, 0.15) is 11.4 Å². The Labute approximate surface area is 279 Å². The first-order chi connectivity index (χ1) is 22.0. The fraction of sp³-hybridized carbons (Fsp3) is 0.200. The van der Waals surface area contributed by atoms with Gasteiger partial charge in [0, 0.05) is 19.5 Å². The van der Waals surface area contributed by atoms with E-state index >= 15 is 0 Å². The van der Waals surface area contributed by atoms with Gasteiger partial charge in [0.15, 0.2) is 11.6 Å². The first kappa shape index (κ1) is 37.6. The fourth-order valence-corrected chi connectivity index (χ4v) is 4.10. The van der Waals surface area contributed by atoms with Gasteiger partial charge in [0.2, 0.25) is 0 Å². The quantitative estimate of drug-likeness (QED) is 0.114. The van der Waals surface area contributed by atoms with Crippen LogP contribution in [0.4, 0.5) is 17.1 Å². The summed E-state index contributed by atoms with van der Waals surface area (Å²) in [6, 6.07) is 34.8. The van der Waals surface area contributed by atoms with Gasteiger partial charge in [-0.1, -0.05) is 74.2 Å². The Morgan fingerprint density at radius 1 is 0.489 bits per heavy atom. The number of Topliss-reactive ketones (excluding diaryl/α,β-unsaturated/α-hetero) is 2. The topological polar surface area (TPSA) is 111 Å². The molecule has 0 fully saturated rings. The van der Waals surface area contributed by atoms with Gasteiger partial charge in [0.05, 0.1) is 34.2 Å². The van der Waals surface area contributed by atoms with Crippen LogP contribution in [0.15, 0.2) is 119 Å². The molecule has 0 saturated heterocycles. The zero-order chi connectivity index (χ0) is 33.6. The van der Waals surface area contributed by atoms with Crippen molar-refractivity contribution >= 4 is 40.1 Å². The Morgan fingerprint density at radius 2 is 0.830 bits per heavy atom. The third-order valence-corrected chi connectivity index (χ3v) is 6.96. The zero-order valence-corrected chi connectivity index (χ0v) is 27.6. The van der Waals surface area contributed by atoms with E-state index in [-0.39, 0.29) is 19.0 Å². The number of benzene rings is 3. The third kappa shape index (κ3) is 11.7. The summed E-state index contributed by atoms with van der Waals surface area (Å²) in [5, 5.41) is 0. The van der Waals surface area contributed by atoms with Crippen LogP contribution >= 0.6 is 0 Å². The van der Waals surface area contributed by atoms with Crippen molar-refractivity contribution in [1.82, 2.24) is 9.97 Å². The van der Waals surface area contributed by atoms with Gasteiger partial charge in [-0.2, -0.15) is 0 Å². The molecule has 0 saturated carbocycles. The summed E-state index contributed by atoms with van der Waals surface area (Å²) in [5.74, 6) is -0.254. The largest absolute Gasteiger partial charge is 0.399 e. The number of nitrogen functional groups attached to an aromatic ring is 1. The van der Waals surface area contributed by atoms with Crippen molar-refractivity contribution in [3.8, 4) is 0 Å². The fourth-order valence-electron chi connectivity index (χ4n) is 4.10. The predicted octanol–water partition coefficient (Wildman–Crippen LogP) is 9.68. The number of para-hydroxylation sites is 3. The number of rotatable bonds is 6. The van der Waals surface area contributed by atoms with Crippen molar-refractivity contribution in [2.24, 2.45) is 9.98 Å². The summed E-state index contributed by atoms with van der Waals surface area (Å²) in [5.41, 5.74) is 16.0. The number of aryl methyl sites for hydroxylation is 3. The smallest absolute Gasteiger partial charge is 0.178 e. The molecule has 0 aliphatic carbocycles. The van der Waals surface area contributed by atoms with Crippen LogP contribution in [0, 0.1) is 20.8 Å². The predicted molar refractivity (Wildman–Crippen MR) is 197 cm³/mol. The van der Waals surface area contributed by atoms with Crippen molar-refractivity contribution in [3.63, 3.8) is 0 Å². The van der Waals surface area contributed by atoms with Crippen LogP contribution in [-0.4, -0.2) is 33.0 Å². The van der Waals surface area contributed by atoms with Gasteiger partial charge >= 0.3 is 0 Å². The summed E-state index contributed by atoms with van der Waals surface area (Å²) >= 11 is 0. The van der Waals surface area contributed by atoms with Crippen molar-refractivity contribution in [1.29, 1.82) is 0 Å². The summed E-state index contributed by atoms with van der Waals surface area (Å²) in [6.07, 6.45) is 0. The second-order valence-electron chi connectivity index (χ2n) is 10.8. The maximum absolute atomic E-state index is 10.8. The third-order valence-electron chi connectivity index (χ3n) is 6.96. The van der Waals surface area contributed by atoms with Crippen molar-refractivity contribution < 1.29 is 9.59 Å². The lowest BCUT2D eigenvalue weighted by atomic mass is 10.1. The molecule has 2 N–H and O–H groups in total. The van der Waals surface area contributed by atoms with E-state index in [1.54, 1.807) is 18.2 Å². The van der Waals surface area contributed by atoms with Crippen LogP contribution in [-0.2, 0) is 0 Å². The number of hydrogen-bond donors (Lipinski definition) is 1. The molecule has 5 rings (SSSR count). The van der Waals surface area contributed by atoms with E-state index in [1.165, 1.54) is 13.8 Å². The average molecular weight is 628 g/mol. The molecular weight excluding hydrogens is 582 g/mol. The van der Waals surface area contributed by atoms with E-state index in [0.717, 1.165) is 56.6 Å². The first-order valence-corrected chi connectivity index (χ1v) is 15.0. The number of ketones is 2. The normalized spacial score (nSPS) is 10.8. The molecule has 7 nitrogen and oxygen atoms in total. The number of carbonyl (C=O) groups excluding carboxylic acids is 2. The summed E-state index contributed by atoms with van der Waals surface area (Å²) < 4.78 is 0. The number of nitrogens with zero attached hydrogens (tertiary/aromatic N) is 4. The Bertz CT molecular complexity index is 1750. The number of pyridine rings is 2. The van der Waals surface area contributed by atoms with Crippen LogP contribution in [0.2, 0.25) is 0 Å². The maximum atomic E-state index is 10.8. The van der Waals surface area contributed by atoms with Gasteiger partial charge < -0.3 is 5.73 Å². The van der Waals surface area contributed by atoms with E-state index in [2.05, 4.69) is 31.0 Å².